The van der Waals surface area contributed by atoms with Crippen molar-refractivity contribution in [2.75, 3.05) is 19.6 Å². The maximum atomic E-state index is 13.3. The normalized spacial score (nSPS) is 17.1. The number of nitrogens with one attached hydrogen (secondary N) is 1. The predicted octanol–water partition coefficient (Wildman–Crippen LogP) is 2.62. The highest BCUT2D eigenvalue weighted by atomic mass is 16.2. The molecule has 0 saturated carbocycles. The van der Waals surface area contributed by atoms with Gasteiger partial charge in [0.25, 0.3) is 5.91 Å². The molecule has 0 spiro atoms. The van der Waals surface area contributed by atoms with Crippen molar-refractivity contribution < 1.29 is 4.79 Å². The highest BCUT2D eigenvalue weighted by Crippen LogP contribution is 2.25. The Morgan fingerprint density at radius 3 is 2.81 bits per heavy atom. The fourth-order valence-electron chi connectivity index (χ4n) is 3.47. The van der Waals surface area contributed by atoms with Crippen LogP contribution in [-0.2, 0) is 6.42 Å². The number of aryl methyl sites for hydroxylation is 1. The molecule has 1 N–H and O–H groups in total. The summed E-state index contributed by atoms with van der Waals surface area (Å²) < 4.78 is 1.66. The number of pyridine rings is 1. The molecule has 1 aromatic carbocycles. The minimum atomic E-state index is 0.0249. The number of piperazine rings is 1. The molecule has 1 aliphatic rings. The first-order chi connectivity index (χ1) is 13.3. The van der Waals surface area contributed by atoms with Crippen molar-refractivity contribution in [3.05, 3.63) is 77.7 Å². The van der Waals surface area contributed by atoms with Gasteiger partial charge in [-0.05, 0) is 35.7 Å². The van der Waals surface area contributed by atoms with Gasteiger partial charge in [0.05, 0.1) is 6.04 Å². The van der Waals surface area contributed by atoms with E-state index in [2.05, 4.69) is 46.6 Å². The van der Waals surface area contributed by atoms with Crippen molar-refractivity contribution in [1.29, 1.82) is 0 Å². The molecule has 1 saturated heterocycles. The van der Waals surface area contributed by atoms with E-state index < -0.39 is 0 Å². The highest BCUT2D eigenvalue weighted by molar-refractivity contribution is 5.95. The summed E-state index contributed by atoms with van der Waals surface area (Å²) in [6.07, 6.45) is 6.19. The van der Waals surface area contributed by atoms with Gasteiger partial charge in [-0.2, -0.15) is 5.10 Å². The van der Waals surface area contributed by atoms with E-state index in [4.69, 9.17) is 0 Å². The van der Waals surface area contributed by atoms with Gasteiger partial charge in [-0.15, -0.1) is 0 Å². The summed E-state index contributed by atoms with van der Waals surface area (Å²) in [7, 11) is 0. The van der Waals surface area contributed by atoms with Crippen molar-refractivity contribution in [2.45, 2.75) is 19.4 Å². The Morgan fingerprint density at radius 2 is 2.07 bits per heavy atom. The fraction of sp³-hybridized carbons (Fsp3) is 0.286. The Labute approximate surface area is 158 Å². The Kier molecular flexibility index (Phi) is 4.98. The zero-order valence-electron chi connectivity index (χ0n) is 15.4. The van der Waals surface area contributed by atoms with Crippen LogP contribution in [0.2, 0.25) is 0 Å². The van der Waals surface area contributed by atoms with Crippen LogP contribution >= 0.6 is 0 Å². The van der Waals surface area contributed by atoms with E-state index in [-0.39, 0.29) is 11.9 Å². The third kappa shape index (κ3) is 3.61. The number of hydrogen-bond acceptors (Lipinski definition) is 4. The zero-order valence-corrected chi connectivity index (χ0v) is 15.4. The smallest absolute Gasteiger partial charge is 0.254 e. The molecule has 0 aliphatic carbocycles. The van der Waals surface area contributed by atoms with Crippen molar-refractivity contribution in [3.8, 4) is 5.82 Å². The van der Waals surface area contributed by atoms with Gasteiger partial charge in [-0.1, -0.05) is 31.2 Å². The van der Waals surface area contributed by atoms with Crippen molar-refractivity contribution >= 4 is 5.91 Å². The number of aromatic nitrogens is 3. The molecule has 2 aromatic heterocycles. The summed E-state index contributed by atoms with van der Waals surface area (Å²) in [6, 6.07) is 14.0. The lowest BCUT2D eigenvalue weighted by Gasteiger charge is -2.36. The van der Waals surface area contributed by atoms with E-state index in [1.54, 1.807) is 29.2 Å². The summed E-state index contributed by atoms with van der Waals surface area (Å²) in [6.45, 7) is 4.38. The Balaban J connectivity index is 1.61. The molecule has 6 nitrogen and oxygen atoms in total. The van der Waals surface area contributed by atoms with E-state index in [0.717, 1.165) is 25.1 Å². The molecular formula is C21H23N5O. The van der Waals surface area contributed by atoms with Crippen LogP contribution in [0.1, 0.15) is 34.5 Å². The van der Waals surface area contributed by atoms with Gasteiger partial charge in [0.15, 0.2) is 5.82 Å². The number of carbonyl (C=O) groups is 1. The number of amides is 1. The molecule has 138 valence electrons. The van der Waals surface area contributed by atoms with Gasteiger partial charge in [0, 0.05) is 43.8 Å². The van der Waals surface area contributed by atoms with E-state index in [9.17, 15) is 4.79 Å². The molecule has 0 radical (unpaired) electrons. The molecule has 1 atom stereocenters. The standard InChI is InChI=1S/C21H23N5O/c1-2-16-4-6-17(7-5-16)19-15-22-11-13-25(19)21(27)18-8-10-23-20(14-18)26-12-3-9-24-26/h3-10,12,14,19,22H,2,11,13,15H2,1H3. The molecule has 3 heterocycles. The van der Waals surface area contributed by atoms with Crippen LogP contribution in [0.15, 0.2) is 61.1 Å². The number of nitrogens with zero attached hydrogens (tertiary/aromatic N) is 4. The number of rotatable bonds is 4. The van der Waals surface area contributed by atoms with Crippen LogP contribution in [0.4, 0.5) is 0 Å². The van der Waals surface area contributed by atoms with Gasteiger partial charge in [-0.25, -0.2) is 9.67 Å². The molecule has 27 heavy (non-hydrogen) atoms. The van der Waals surface area contributed by atoms with Crippen molar-refractivity contribution in [3.63, 3.8) is 0 Å². The average molecular weight is 361 g/mol. The minimum Gasteiger partial charge on any atom is -0.329 e. The van der Waals surface area contributed by atoms with E-state index in [1.165, 1.54) is 5.56 Å². The maximum Gasteiger partial charge on any atom is 0.254 e. The van der Waals surface area contributed by atoms with E-state index >= 15 is 0 Å². The Morgan fingerprint density at radius 1 is 1.22 bits per heavy atom. The molecule has 1 fully saturated rings. The van der Waals surface area contributed by atoms with Gasteiger partial charge < -0.3 is 10.2 Å². The first-order valence-corrected chi connectivity index (χ1v) is 9.33. The molecule has 0 bridgehead atoms. The van der Waals surface area contributed by atoms with Crippen LogP contribution in [0.5, 0.6) is 0 Å². The lowest BCUT2D eigenvalue weighted by atomic mass is 10.00. The Hall–Kier alpha value is -2.99. The first kappa shape index (κ1) is 17.4. The summed E-state index contributed by atoms with van der Waals surface area (Å²) in [5.74, 6) is 0.668. The molecule has 3 aromatic rings. The molecule has 4 rings (SSSR count). The quantitative estimate of drug-likeness (QED) is 0.776. The molecule has 1 unspecified atom stereocenters. The second kappa shape index (κ2) is 7.72. The van der Waals surface area contributed by atoms with Crippen LogP contribution < -0.4 is 5.32 Å². The van der Waals surface area contributed by atoms with Crippen LogP contribution in [-0.4, -0.2) is 45.2 Å². The van der Waals surface area contributed by atoms with E-state index in [0.29, 0.717) is 17.9 Å². The third-order valence-corrected chi connectivity index (χ3v) is 5.01. The number of hydrogen-bond donors (Lipinski definition) is 1. The van der Waals surface area contributed by atoms with E-state index in [1.807, 2.05) is 17.2 Å². The molecule has 1 amide bonds. The molecule has 6 heteroatoms. The SMILES string of the molecule is CCc1ccc(C2CNCCN2C(=O)c2ccnc(-n3cccn3)c2)cc1. The maximum absolute atomic E-state index is 13.3. The molecule has 1 aliphatic heterocycles. The average Bonchev–Trinajstić information content (AvgIpc) is 3.28. The monoisotopic (exact) mass is 361 g/mol. The lowest BCUT2D eigenvalue weighted by molar-refractivity contribution is 0.0634. The van der Waals surface area contributed by atoms with Crippen LogP contribution in [0.3, 0.4) is 0 Å². The summed E-state index contributed by atoms with van der Waals surface area (Å²) in [4.78, 5) is 19.6. The van der Waals surface area contributed by atoms with Gasteiger partial charge in [-0.3, -0.25) is 4.79 Å². The summed E-state index contributed by atoms with van der Waals surface area (Å²) in [5, 5.41) is 7.61. The summed E-state index contributed by atoms with van der Waals surface area (Å²) >= 11 is 0. The van der Waals surface area contributed by atoms with Gasteiger partial charge >= 0.3 is 0 Å². The topological polar surface area (TPSA) is 63.1 Å². The van der Waals surface area contributed by atoms with Crippen molar-refractivity contribution in [2.24, 2.45) is 0 Å². The second-order valence-corrected chi connectivity index (χ2v) is 6.67. The summed E-state index contributed by atoms with van der Waals surface area (Å²) in [5.41, 5.74) is 3.10. The number of benzene rings is 1. The first-order valence-electron chi connectivity index (χ1n) is 9.33. The van der Waals surface area contributed by atoms with Crippen molar-refractivity contribution in [1.82, 2.24) is 25.0 Å². The highest BCUT2D eigenvalue weighted by Gasteiger charge is 2.28. The van der Waals surface area contributed by atoms with Gasteiger partial charge in [0.2, 0.25) is 0 Å². The molecular weight excluding hydrogens is 338 g/mol. The van der Waals surface area contributed by atoms with Crippen LogP contribution in [0, 0.1) is 0 Å². The Bertz CT molecular complexity index is 905. The predicted molar refractivity (Wildman–Crippen MR) is 104 cm³/mol. The van der Waals surface area contributed by atoms with Gasteiger partial charge in [0.1, 0.15) is 0 Å². The second-order valence-electron chi connectivity index (χ2n) is 6.67. The van der Waals surface area contributed by atoms with Crippen LogP contribution in [0.25, 0.3) is 5.82 Å². The fourth-order valence-corrected chi connectivity index (χ4v) is 3.47. The lowest BCUT2D eigenvalue weighted by Crippen LogP contribution is -2.48. The zero-order chi connectivity index (χ0) is 18.6. The largest absolute Gasteiger partial charge is 0.329 e. The minimum absolute atomic E-state index is 0.0249. The third-order valence-electron chi connectivity index (χ3n) is 5.01. The number of carbonyl (C=O) groups excluding carboxylic acids is 1.